The van der Waals surface area contributed by atoms with Gasteiger partial charge in [-0.2, -0.15) is 13.2 Å². The fourth-order valence-electron chi connectivity index (χ4n) is 1.51. The number of rotatable bonds is 4. The highest BCUT2D eigenvalue weighted by atomic mass is 79.9. The predicted octanol–water partition coefficient (Wildman–Crippen LogP) is 4.24. The Hall–Kier alpha value is -0.840. The van der Waals surface area contributed by atoms with Crippen molar-refractivity contribution in [3.05, 3.63) is 34.9 Å². The van der Waals surface area contributed by atoms with Gasteiger partial charge in [0.2, 0.25) is 0 Å². The summed E-state index contributed by atoms with van der Waals surface area (Å²) in [7, 11) is 0. The summed E-state index contributed by atoms with van der Waals surface area (Å²) in [6.45, 7) is 1.77. The van der Waals surface area contributed by atoms with Gasteiger partial charge in [0.15, 0.2) is 5.78 Å². The van der Waals surface area contributed by atoms with Crippen molar-refractivity contribution >= 4 is 21.7 Å². The van der Waals surface area contributed by atoms with E-state index in [-0.39, 0.29) is 12.0 Å². The first-order chi connectivity index (χ1) is 7.90. The van der Waals surface area contributed by atoms with E-state index >= 15 is 0 Å². The Bertz CT molecular complexity index is 413. The van der Waals surface area contributed by atoms with Gasteiger partial charge in [-0.05, 0) is 18.1 Å². The third-order valence-corrected chi connectivity index (χ3v) is 2.82. The van der Waals surface area contributed by atoms with Crippen molar-refractivity contribution in [1.82, 2.24) is 0 Å². The fourth-order valence-corrected chi connectivity index (χ4v) is 1.87. The van der Waals surface area contributed by atoms with Gasteiger partial charge in [-0.25, -0.2) is 0 Å². The summed E-state index contributed by atoms with van der Waals surface area (Å²) in [6, 6.07) is 3.89. The van der Waals surface area contributed by atoms with Crippen LogP contribution >= 0.6 is 15.9 Å². The molecule has 0 spiro atoms. The second kappa shape index (κ2) is 5.67. The Morgan fingerprint density at radius 1 is 1.35 bits per heavy atom. The molecule has 0 radical (unpaired) electrons. The molecule has 0 aliphatic rings. The van der Waals surface area contributed by atoms with Crippen molar-refractivity contribution in [2.45, 2.75) is 25.9 Å². The topological polar surface area (TPSA) is 17.1 Å². The smallest absolute Gasteiger partial charge is 0.294 e. The number of hydrogen-bond donors (Lipinski definition) is 0. The fraction of sp³-hybridized carbons (Fsp3) is 0.417. The Kier molecular flexibility index (Phi) is 4.74. The van der Waals surface area contributed by atoms with Crippen molar-refractivity contribution < 1.29 is 18.0 Å². The van der Waals surface area contributed by atoms with E-state index in [0.717, 1.165) is 6.07 Å². The number of alkyl halides is 4. The average molecular weight is 309 g/mol. The largest absolute Gasteiger partial charge is 0.417 e. The summed E-state index contributed by atoms with van der Waals surface area (Å²) in [5, 5.41) is 0.360. The van der Waals surface area contributed by atoms with Gasteiger partial charge in [0.05, 0.1) is 5.56 Å². The van der Waals surface area contributed by atoms with E-state index in [1.54, 1.807) is 13.0 Å². The number of Topliss-reactive ketones (excluding diaryl/α,β-unsaturated/α-hetero) is 1. The van der Waals surface area contributed by atoms with Gasteiger partial charge < -0.3 is 0 Å². The normalized spacial score (nSPS) is 11.6. The molecule has 0 amide bonds. The molecule has 1 aromatic rings. The summed E-state index contributed by atoms with van der Waals surface area (Å²) >= 11 is 3.05. The Labute approximate surface area is 106 Å². The molecule has 0 fully saturated rings. The first-order valence-corrected chi connectivity index (χ1v) is 6.31. The van der Waals surface area contributed by atoms with Crippen molar-refractivity contribution in [2.24, 2.45) is 0 Å². The van der Waals surface area contributed by atoms with Gasteiger partial charge in [0.25, 0.3) is 0 Å². The highest BCUT2D eigenvalue weighted by Gasteiger charge is 2.35. The summed E-state index contributed by atoms with van der Waals surface area (Å²) in [6.07, 6.45) is -3.91. The van der Waals surface area contributed by atoms with Crippen molar-refractivity contribution in [1.29, 1.82) is 0 Å². The van der Waals surface area contributed by atoms with Gasteiger partial charge in [-0.15, -0.1) is 0 Å². The minimum absolute atomic E-state index is 0.0640. The molecule has 1 aromatic carbocycles. The quantitative estimate of drug-likeness (QED) is 0.601. The zero-order valence-corrected chi connectivity index (χ0v) is 10.9. The van der Waals surface area contributed by atoms with Gasteiger partial charge >= 0.3 is 6.18 Å². The summed E-state index contributed by atoms with van der Waals surface area (Å²) in [4.78, 5) is 11.6. The van der Waals surface area contributed by atoms with Gasteiger partial charge in [-0.1, -0.05) is 35.0 Å². The first kappa shape index (κ1) is 14.2. The molecule has 0 aromatic heterocycles. The van der Waals surface area contributed by atoms with Gasteiger partial charge in [0, 0.05) is 17.3 Å². The Balaban J connectivity index is 3.25. The van der Waals surface area contributed by atoms with Crippen LogP contribution in [0.1, 0.15) is 34.8 Å². The monoisotopic (exact) mass is 308 g/mol. The molecule has 0 bridgehead atoms. The Morgan fingerprint density at radius 2 is 2.00 bits per heavy atom. The lowest BCUT2D eigenvalue weighted by Crippen LogP contribution is -2.14. The van der Waals surface area contributed by atoms with Crippen LogP contribution in [0, 0.1) is 0 Å². The van der Waals surface area contributed by atoms with E-state index < -0.39 is 17.5 Å². The molecule has 0 saturated heterocycles. The van der Waals surface area contributed by atoms with E-state index in [1.807, 2.05) is 0 Å². The summed E-state index contributed by atoms with van der Waals surface area (Å²) < 4.78 is 38.4. The second-order valence-corrected chi connectivity index (χ2v) is 4.39. The number of halogens is 4. The predicted molar refractivity (Wildman–Crippen MR) is 63.6 cm³/mol. The number of carbonyl (C=O) groups excluding carboxylic acids is 1. The van der Waals surface area contributed by atoms with E-state index in [1.165, 1.54) is 6.07 Å². The maximum absolute atomic E-state index is 12.8. The van der Waals surface area contributed by atoms with Crippen molar-refractivity contribution in [3.8, 4) is 0 Å². The van der Waals surface area contributed by atoms with Crippen LogP contribution in [-0.2, 0) is 12.6 Å². The van der Waals surface area contributed by atoms with Crippen LogP contribution in [0.25, 0.3) is 0 Å². The van der Waals surface area contributed by atoms with Crippen LogP contribution < -0.4 is 0 Å². The van der Waals surface area contributed by atoms with Crippen molar-refractivity contribution in [3.63, 3.8) is 0 Å². The highest BCUT2D eigenvalue weighted by Crippen LogP contribution is 2.33. The molecule has 0 unspecified atom stereocenters. The number of carbonyl (C=O) groups is 1. The second-order valence-electron chi connectivity index (χ2n) is 3.59. The maximum Gasteiger partial charge on any atom is 0.417 e. The molecular formula is C12H12BrF3O. The van der Waals surface area contributed by atoms with E-state index in [4.69, 9.17) is 0 Å². The molecule has 17 heavy (non-hydrogen) atoms. The molecule has 0 heterocycles. The maximum atomic E-state index is 12.8. The highest BCUT2D eigenvalue weighted by molar-refractivity contribution is 9.09. The van der Waals surface area contributed by atoms with Crippen LogP contribution in [0.4, 0.5) is 13.2 Å². The molecule has 94 valence electrons. The lowest BCUT2D eigenvalue weighted by molar-refractivity contribution is -0.138. The summed E-state index contributed by atoms with van der Waals surface area (Å²) in [5.74, 6) is -0.489. The number of ketones is 1. The van der Waals surface area contributed by atoms with Crippen LogP contribution in [0.5, 0.6) is 0 Å². The Morgan fingerprint density at radius 3 is 2.47 bits per heavy atom. The van der Waals surface area contributed by atoms with Crippen LogP contribution in [0.15, 0.2) is 18.2 Å². The van der Waals surface area contributed by atoms with E-state index in [9.17, 15) is 18.0 Å². The third-order valence-electron chi connectivity index (χ3n) is 2.42. The number of hydrogen-bond acceptors (Lipinski definition) is 1. The molecule has 5 heteroatoms. The number of aryl methyl sites for hydroxylation is 1. The van der Waals surface area contributed by atoms with Crippen molar-refractivity contribution in [2.75, 3.05) is 5.33 Å². The molecule has 0 saturated carbocycles. The standard InChI is InChI=1S/C12H12BrF3O/c1-2-8-3-4-9(11(17)5-6-13)10(7-8)12(14,15)16/h3-4,7H,2,5-6H2,1H3. The third kappa shape index (κ3) is 3.56. The molecule has 0 aliphatic heterocycles. The van der Waals surface area contributed by atoms with E-state index in [0.29, 0.717) is 17.3 Å². The zero-order valence-electron chi connectivity index (χ0n) is 9.27. The van der Waals surface area contributed by atoms with Gasteiger partial charge in [0.1, 0.15) is 0 Å². The van der Waals surface area contributed by atoms with Crippen LogP contribution in [0.3, 0.4) is 0 Å². The lowest BCUT2D eigenvalue weighted by atomic mass is 9.98. The molecule has 0 atom stereocenters. The SMILES string of the molecule is CCc1ccc(C(=O)CCBr)c(C(F)(F)F)c1. The molecule has 0 N–H and O–H groups in total. The van der Waals surface area contributed by atoms with Crippen LogP contribution in [-0.4, -0.2) is 11.1 Å². The number of benzene rings is 1. The van der Waals surface area contributed by atoms with Crippen LogP contribution in [0.2, 0.25) is 0 Å². The van der Waals surface area contributed by atoms with E-state index in [2.05, 4.69) is 15.9 Å². The zero-order chi connectivity index (χ0) is 13.1. The molecular weight excluding hydrogens is 297 g/mol. The molecule has 1 rings (SSSR count). The molecule has 0 aliphatic carbocycles. The minimum atomic E-state index is -4.48. The lowest BCUT2D eigenvalue weighted by Gasteiger charge is -2.13. The summed E-state index contributed by atoms with van der Waals surface area (Å²) in [5.41, 5.74) is -0.496. The average Bonchev–Trinajstić information content (AvgIpc) is 2.27. The minimum Gasteiger partial charge on any atom is -0.294 e. The molecule has 1 nitrogen and oxygen atoms in total. The first-order valence-electron chi connectivity index (χ1n) is 5.19. The van der Waals surface area contributed by atoms with Gasteiger partial charge in [-0.3, -0.25) is 4.79 Å².